The van der Waals surface area contributed by atoms with Crippen molar-refractivity contribution < 1.29 is 9.53 Å². The Hall–Kier alpha value is -2.05. The summed E-state index contributed by atoms with van der Waals surface area (Å²) in [6.07, 6.45) is 5.85. The summed E-state index contributed by atoms with van der Waals surface area (Å²) in [5, 5.41) is 3.41. The maximum absolute atomic E-state index is 11.7. The highest BCUT2D eigenvalue weighted by Gasteiger charge is 2.24. The second-order valence-electron chi connectivity index (χ2n) is 6.04. The summed E-state index contributed by atoms with van der Waals surface area (Å²) in [5.74, 6) is 1.69. The van der Waals surface area contributed by atoms with Gasteiger partial charge in [0.25, 0.3) is 0 Å². The SMILES string of the molecule is CCOC(=O)N1CCC(Nc2nccc(N3CCCC3)n2)CC1. The molecule has 3 rings (SSSR count). The van der Waals surface area contributed by atoms with Crippen LogP contribution in [0.4, 0.5) is 16.6 Å². The fourth-order valence-electron chi connectivity index (χ4n) is 3.14. The normalized spacial score (nSPS) is 19.0. The van der Waals surface area contributed by atoms with Gasteiger partial charge < -0.3 is 19.9 Å². The number of aromatic nitrogens is 2. The first-order chi connectivity index (χ1) is 11.3. The summed E-state index contributed by atoms with van der Waals surface area (Å²) in [6, 6.07) is 2.27. The Bertz CT molecular complexity index is 525. The predicted molar refractivity (Wildman–Crippen MR) is 88.7 cm³/mol. The van der Waals surface area contributed by atoms with E-state index in [-0.39, 0.29) is 6.09 Å². The van der Waals surface area contributed by atoms with E-state index in [1.54, 1.807) is 4.90 Å². The molecular weight excluding hydrogens is 294 g/mol. The molecule has 2 aliphatic rings. The topological polar surface area (TPSA) is 70.6 Å². The number of amides is 1. The molecule has 126 valence electrons. The number of hydrogen-bond acceptors (Lipinski definition) is 6. The molecule has 2 fully saturated rings. The predicted octanol–water partition coefficient (Wildman–Crippen LogP) is 2.11. The van der Waals surface area contributed by atoms with E-state index in [1.165, 1.54) is 12.8 Å². The average molecular weight is 319 g/mol. The molecule has 7 nitrogen and oxygen atoms in total. The first kappa shape index (κ1) is 15.8. The van der Waals surface area contributed by atoms with Crippen molar-refractivity contribution in [3.8, 4) is 0 Å². The third-order valence-electron chi connectivity index (χ3n) is 4.43. The number of nitrogens with one attached hydrogen (secondary N) is 1. The number of hydrogen-bond donors (Lipinski definition) is 1. The maximum Gasteiger partial charge on any atom is 0.409 e. The maximum atomic E-state index is 11.7. The lowest BCUT2D eigenvalue weighted by Crippen LogP contribution is -2.42. The largest absolute Gasteiger partial charge is 0.450 e. The molecule has 1 amide bonds. The van der Waals surface area contributed by atoms with Crippen molar-refractivity contribution in [1.82, 2.24) is 14.9 Å². The van der Waals surface area contributed by atoms with Gasteiger partial charge in [0.1, 0.15) is 5.82 Å². The van der Waals surface area contributed by atoms with Crippen molar-refractivity contribution in [2.45, 2.75) is 38.6 Å². The Morgan fingerprint density at radius 2 is 2.04 bits per heavy atom. The van der Waals surface area contributed by atoms with E-state index >= 15 is 0 Å². The van der Waals surface area contributed by atoms with Gasteiger partial charge in [-0.1, -0.05) is 0 Å². The van der Waals surface area contributed by atoms with Crippen molar-refractivity contribution in [3.63, 3.8) is 0 Å². The Labute approximate surface area is 137 Å². The lowest BCUT2D eigenvalue weighted by atomic mass is 10.1. The number of anilines is 2. The molecule has 7 heteroatoms. The smallest absolute Gasteiger partial charge is 0.409 e. The Balaban J connectivity index is 1.52. The van der Waals surface area contributed by atoms with Crippen LogP contribution in [0.1, 0.15) is 32.6 Å². The van der Waals surface area contributed by atoms with Crippen LogP contribution in [0.25, 0.3) is 0 Å². The minimum absolute atomic E-state index is 0.210. The fraction of sp³-hybridized carbons (Fsp3) is 0.688. The zero-order chi connectivity index (χ0) is 16.1. The zero-order valence-corrected chi connectivity index (χ0v) is 13.7. The number of carbonyl (C=O) groups excluding carboxylic acids is 1. The number of piperidine rings is 1. The van der Waals surface area contributed by atoms with Crippen LogP contribution < -0.4 is 10.2 Å². The van der Waals surface area contributed by atoms with Gasteiger partial charge in [-0.2, -0.15) is 4.98 Å². The molecule has 0 aliphatic carbocycles. The van der Waals surface area contributed by atoms with Crippen molar-refractivity contribution in [2.24, 2.45) is 0 Å². The minimum atomic E-state index is -0.210. The van der Waals surface area contributed by atoms with Crippen molar-refractivity contribution in [1.29, 1.82) is 0 Å². The van der Waals surface area contributed by atoms with Crippen LogP contribution in [0, 0.1) is 0 Å². The molecule has 2 saturated heterocycles. The number of carbonyl (C=O) groups is 1. The summed E-state index contributed by atoms with van der Waals surface area (Å²) in [4.78, 5) is 24.7. The third kappa shape index (κ3) is 4.03. The number of likely N-dealkylation sites (tertiary alicyclic amines) is 1. The van der Waals surface area contributed by atoms with E-state index in [2.05, 4.69) is 20.2 Å². The molecule has 2 aliphatic heterocycles. The fourth-order valence-corrected chi connectivity index (χ4v) is 3.14. The number of rotatable bonds is 4. The summed E-state index contributed by atoms with van der Waals surface area (Å²) in [7, 11) is 0. The Morgan fingerprint density at radius 1 is 1.30 bits per heavy atom. The third-order valence-corrected chi connectivity index (χ3v) is 4.43. The Kier molecular flexibility index (Phi) is 5.15. The molecule has 1 N–H and O–H groups in total. The van der Waals surface area contributed by atoms with Crippen LogP contribution in [-0.4, -0.2) is 59.8 Å². The summed E-state index contributed by atoms with van der Waals surface area (Å²) >= 11 is 0. The molecule has 0 aromatic carbocycles. The molecule has 0 atom stereocenters. The quantitative estimate of drug-likeness (QED) is 0.916. The van der Waals surface area contributed by atoms with E-state index < -0.39 is 0 Å². The van der Waals surface area contributed by atoms with Gasteiger partial charge in [-0.05, 0) is 38.7 Å². The summed E-state index contributed by atoms with van der Waals surface area (Å²) in [5.41, 5.74) is 0. The number of ether oxygens (including phenoxy) is 1. The van der Waals surface area contributed by atoms with Gasteiger partial charge in [-0.3, -0.25) is 0 Å². The van der Waals surface area contributed by atoms with Crippen LogP contribution in [0.3, 0.4) is 0 Å². The molecule has 0 saturated carbocycles. The second-order valence-corrected chi connectivity index (χ2v) is 6.04. The molecule has 0 bridgehead atoms. The molecule has 23 heavy (non-hydrogen) atoms. The molecule has 0 unspecified atom stereocenters. The molecule has 0 spiro atoms. The summed E-state index contributed by atoms with van der Waals surface area (Å²) in [6.45, 7) is 5.83. The van der Waals surface area contributed by atoms with Gasteiger partial charge in [0.15, 0.2) is 0 Å². The first-order valence-electron chi connectivity index (χ1n) is 8.52. The van der Waals surface area contributed by atoms with Crippen LogP contribution in [0.2, 0.25) is 0 Å². The van der Waals surface area contributed by atoms with Gasteiger partial charge >= 0.3 is 6.09 Å². The summed E-state index contributed by atoms with van der Waals surface area (Å²) < 4.78 is 5.04. The van der Waals surface area contributed by atoms with Gasteiger partial charge in [0.2, 0.25) is 5.95 Å². The average Bonchev–Trinajstić information content (AvgIpc) is 3.11. The van der Waals surface area contributed by atoms with E-state index in [0.717, 1.165) is 31.7 Å². The lowest BCUT2D eigenvalue weighted by molar-refractivity contribution is 0.0983. The molecule has 3 heterocycles. The number of nitrogens with zero attached hydrogens (tertiary/aromatic N) is 4. The van der Waals surface area contributed by atoms with E-state index in [4.69, 9.17) is 4.74 Å². The van der Waals surface area contributed by atoms with Gasteiger partial charge in [0.05, 0.1) is 6.61 Å². The van der Waals surface area contributed by atoms with Gasteiger partial charge in [-0.15, -0.1) is 0 Å². The van der Waals surface area contributed by atoms with E-state index in [9.17, 15) is 4.79 Å². The van der Waals surface area contributed by atoms with Crippen LogP contribution in [0.15, 0.2) is 12.3 Å². The minimum Gasteiger partial charge on any atom is -0.450 e. The highest BCUT2D eigenvalue weighted by molar-refractivity contribution is 5.67. The molecule has 0 radical (unpaired) electrons. The van der Waals surface area contributed by atoms with Crippen molar-refractivity contribution in [3.05, 3.63) is 12.3 Å². The first-order valence-corrected chi connectivity index (χ1v) is 8.52. The van der Waals surface area contributed by atoms with Crippen molar-refractivity contribution >= 4 is 17.9 Å². The van der Waals surface area contributed by atoms with Crippen molar-refractivity contribution in [2.75, 3.05) is 43.0 Å². The highest BCUT2D eigenvalue weighted by atomic mass is 16.6. The zero-order valence-electron chi connectivity index (χ0n) is 13.7. The van der Waals surface area contributed by atoms with Gasteiger partial charge in [-0.25, -0.2) is 9.78 Å². The Morgan fingerprint density at radius 3 is 2.74 bits per heavy atom. The molecular formula is C16H25N5O2. The van der Waals surface area contributed by atoms with Gasteiger partial charge in [0, 0.05) is 38.4 Å². The van der Waals surface area contributed by atoms with Crippen LogP contribution in [0.5, 0.6) is 0 Å². The molecule has 1 aromatic rings. The molecule has 1 aromatic heterocycles. The standard InChI is InChI=1S/C16H25N5O2/c1-2-23-16(22)21-11-6-13(7-12-21)18-15-17-8-5-14(19-15)20-9-3-4-10-20/h5,8,13H,2-4,6-7,9-12H2,1H3,(H,17,18,19). The van der Waals surface area contributed by atoms with Crippen LogP contribution >= 0.6 is 0 Å². The lowest BCUT2D eigenvalue weighted by Gasteiger charge is -2.31. The monoisotopic (exact) mass is 319 g/mol. The van der Waals surface area contributed by atoms with Crippen LogP contribution in [-0.2, 0) is 4.74 Å². The highest BCUT2D eigenvalue weighted by Crippen LogP contribution is 2.20. The van der Waals surface area contributed by atoms with E-state index in [1.807, 2.05) is 19.2 Å². The van der Waals surface area contributed by atoms with E-state index in [0.29, 0.717) is 31.7 Å². The second kappa shape index (κ2) is 7.48.